The van der Waals surface area contributed by atoms with Crippen molar-refractivity contribution in [1.29, 1.82) is 0 Å². The molecule has 0 saturated carbocycles. The highest BCUT2D eigenvalue weighted by Gasteiger charge is 2.33. The fourth-order valence-electron chi connectivity index (χ4n) is 3.42. The van der Waals surface area contributed by atoms with E-state index < -0.39 is 0 Å². The van der Waals surface area contributed by atoms with Crippen LogP contribution >= 0.6 is 11.8 Å². The lowest BCUT2D eigenvalue weighted by Crippen LogP contribution is -2.30. The van der Waals surface area contributed by atoms with Gasteiger partial charge >= 0.3 is 0 Å². The molecular weight excluding hydrogens is 390 g/mol. The highest BCUT2D eigenvalue weighted by molar-refractivity contribution is 7.99. The van der Waals surface area contributed by atoms with Crippen molar-refractivity contribution in [1.82, 2.24) is 4.90 Å². The molecule has 1 amide bonds. The molecule has 7 heteroatoms. The van der Waals surface area contributed by atoms with Crippen LogP contribution in [0.3, 0.4) is 0 Å². The van der Waals surface area contributed by atoms with Gasteiger partial charge in [-0.2, -0.15) is 0 Å². The number of methoxy groups -OCH3 is 4. The van der Waals surface area contributed by atoms with Crippen LogP contribution in [0.5, 0.6) is 23.0 Å². The Balaban J connectivity index is 1.75. The average Bonchev–Trinajstić information content (AvgIpc) is 3.26. The standard InChI is InChI=1S/C22H27NO5S/c1-25-16-8-5-15(6-9-16)7-10-21(24)23-11-12-29-22(23)17-13-19(27-3)20(28-4)14-18(17)26-2/h5-6,8-9,13-14,22H,7,10-12H2,1-4H3. The second-order valence-electron chi connectivity index (χ2n) is 6.61. The van der Waals surface area contributed by atoms with Crippen molar-refractivity contribution in [2.24, 2.45) is 0 Å². The van der Waals surface area contributed by atoms with Gasteiger partial charge in [0.1, 0.15) is 16.9 Å². The molecule has 1 atom stereocenters. The zero-order valence-corrected chi connectivity index (χ0v) is 18.1. The number of thioether (sulfide) groups is 1. The van der Waals surface area contributed by atoms with Gasteiger partial charge in [-0.3, -0.25) is 4.79 Å². The van der Waals surface area contributed by atoms with Crippen molar-refractivity contribution >= 4 is 17.7 Å². The van der Waals surface area contributed by atoms with Gasteiger partial charge in [-0.15, -0.1) is 11.8 Å². The zero-order chi connectivity index (χ0) is 20.8. The lowest BCUT2D eigenvalue weighted by atomic mass is 10.1. The Kier molecular flexibility index (Phi) is 7.14. The molecule has 1 saturated heterocycles. The Morgan fingerprint density at radius 3 is 2.24 bits per heavy atom. The molecular formula is C22H27NO5S. The van der Waals surface area contributed by atoms with E-state index in [1.807, 2.05) is 41.3 Å². The monoisotopic (exact) mass is 417 g/mol. The first-order chi connectivity index (χ1) is 14.1. The molecule has 1 unspecified atom stereocenters. The molecule has 1 aliphatic heterocycles. The molecule has 0 aromatic heterocycles. The molecule has 1 aliphatic rings. The van der Waals surface area contributed by atoms with E-state index in [9.17, 15) is 4.79 Å². The number of nitrogens with zero attached hydrogens (tertiary/aromatic N) is 1. The summed E-state index contributed by atoms with van der Waals surface area (Å²) < 4.78 is 21.6. The first kappa shape index (κ1) is 21.2. The van der Waals surface area contributed by atoms with E-state index in [0.29, 0.717) is 36.6 Å². The Labute approximate surface area is 176 Å². The van der Waals surface area contributed by atoms with Gasteiger partial charge in [0.15, 0.2) is 11.5 Å². The van der Waals surface area contributed by atoms with Gasteiger partial charge in [0, 0.05) is 30.3 Å². The van der Waals surface area contributed by atoms with Crippen LogP contribution in [0, 0.1) is 0 Å². The molecule has 0 bridgehead atoms. The molecule has 3 rings (SSSR count). The van der Waals surface area contributed by atoms with E-state index in [1.54, 1.807) is 40.2 Å². The third kappa shape index (κ3) is 4.72. The molecule has 0 N–H and O–H groups in total. The minimum absolute atomic E-state index is 0.104. The van der Waals surface area contributed by atoms with Crippen molar-refractivity contribution < 1.29 is 23.7 Å². The van der Waals surface area contributed by atoms with E-state index >= 15 is 0 Å². The van der Waals surface area contributed by atoms with E-state index in [0.717, 1.165) is 22.6 Å². The van der Waals surface area contributed by atoms with Crippen LogP contribution in [0.2, 0.25) is 0 Å². The maximum absolute atomic E-state index is 13.0. The first-order valence-corrected chi connectivity index (χ1v) is 10.5. The second-order valence-corrected chi connectivity index (χ2v) is 7.80. The summed E-state index contributed by atoms with van der Waals surface area (Å²) in [6.45, 7) is 0.717. The number of carbonyl (C=O) groups excluding carboxylic acids is 1. The Morgan fingerprint density at radius 2 is 1.62 bits per heavy atom. The number of rotatable bonds is 8. The van der Waals surface area contributed by atoms with Crippen LogP contribution in [0.4, 0.5) is 0 Å². The van der Waals surface area contributed by atoms with E-state index in [2.05, 4.69) is 0 Å². The van der Waals surface area contributed by atoms with Gasteiger partial charge in [-0.25, -0.2) is 0 Å². The smallest absolute Gasteiger partial charge is 0.224 e. The maximum atomic E-state index is 13.0. The van der Waals surface area contributed by atoms with E-state index in [-0.39, 0.29) is 11.3 Å². The van der Waals surface area contributed by atoms with Crippen LogP contribution in [0.15, 0.2) is 36.4 Å². The molecule has 156 valence electrons. The van der Waals surface area contributed by atoms with Crippen LogP contribution in [0.1, 0.15) is 22.9 Å². The van der Waals surface area contributed by atoms with Crippen LogP contribution in [0.25, 0.3) is 0 Å². The largest absolute Gasteiger partial charge is 0.497 e. The summed E-state index contributed by atoms with van der Waals surface area (Å²) in [6.07, 6.45) is 1.15. The minimum atomic E-state index is -0.104. The third-order valence-corrected chi connectivity index (χ3v) is 6.24. The van der Waals surface area contributed by atoms with Crippen molar-refractivity contribution in [3.05, 3.63) is 47.5 Å². The molecule has 1 heterocycles. The highest BCUT2D eigenvalue weighted by atomic mass is 32.2. The van der Waals surface area contributed by atoms with Crippen molar-refractivity contribution in [2.75, 3.05) is 40.7 Å². The van der Waals surface area contributed by atoms with Crippen LogP contribution in [-0.2, 0) is 11.2 Å². The highest BCUT2D eigenvalue weighted by Crippen LogP contribution is 2.46. The number of ether oxygens (including phenoxy) is 4. The first-order valence-electron chi connectivity index (χ1n) is 9.45. The summed E-state index contributed by atoms with van der Waals surface area (Å²) >= 11 is 1.73. The van der Waals surface area contributed by atoms with Crippen LogP contribution < -0.4 is 18.9 Å². The quantitative estimate of drug-likeness (QED) is 0.649. The molecule has 2 aromatic rings. The van der Waals surface area contributed by atoms with Gasteiger partial charge in [0.2, 0.25) is 5.91 Å². The Morgan fingerprint density at radius 1 is 0.966 bits per heavy atom. The summed E-state index contributed by atoms with van der Waals surface area (Å²) in [7, 11) is 6.47. The van der Waals surface area contributed by atoms with Gasteiger partial charge in [0.25, 0.3) is 0 Å². The van der Waals surface area contributed by atoms with E-state index in [1.165, 1.54) is 0 Å². The lowest BCUT2D eigenvalue weighted by Gasteiger charge is -2.26. The maximum Gasteiger partial charge on any atom is 0.224 e. The predicted octanol–water partition coefficient (Wildman–Crippen LogP) is 3.93. The molecule has 2 aromatic carbocycles. The zero-order valence-electron chi connectivity index (χ0n) is 17.3. The number of aryl methyl sites for hydroxylation is 1. The number of hydrogen-bond acceptors (Lipinski definition) is 6. The normalized spacial score (nSPS) is 15.9. The molecule has 29 heavy (non-hydrogen) atoms. The molecule has 6 nitrogen and oxygen atoms in total. The third-order valence-electron chi connectivity index (χ3n) is 5.00. The summed E-state index contributed by atoms with van der Waals surface area (Å²) in [6, 6.07) is 11.6. The van der Waals surface area contributed by atoms with Gasteiger partial charge in [-0.1, -0.05) is 12.1 Å². The summed E-state index contributed by atoms with van der Waals surface area (Å²) in [5.41, 5.74) is 2.04. The number of hydrogen-bond donors (Lipinski definition) is 0. The number of amides is 1. The SMILES string of the molecule is COc1ccc(CCC(=O)N2CCSC2c2cc(OC)c(OC)cc2OC)cc1. The van der Waals surface area contributed by atoms with Crippen LogP contribution in [-0.4, -0.2) is 51.5 Å². The summed E-state index contributed by atoms with van der Waals surface area (Å²) in [4.78, 5) is 14.9. The lowest BCUT2D eigenvalue weighted by molar-refractivity contribution is -0.131. The average molecular weight is 418 g/mol. The Bertz CT molecular complexity index is 840. The topological polar surface area (TPSA) is 57.2 Å². The van der Waals surface area contributed by atoms with Crippen molar-refractivity contribution in [3.63, 3.8) is 0 Å². The number of benzene rings is 2. The molecule has 0 aliphatic carbocycles. The Hall–Kier alpha value is -2.54. The summed E-state index contributed by atoms with van der Waals surface area (Å²) in [5.74, 6) is 3.75. The van der Waals surface area contributed by atoms with Gasteiger partial charge in [0.05, 0.1) is 28.4 Å². The molecule has 0 radical (unpaired) electrons. The second kappa shape index (κ2) is 9.78. The molecule has 1 fully saturated rings. The summed E-state index contributed by atoms with van der Waals surface area (Å²) in [5, 5.41) is -0.104. The predicted molar refractivity (Wildman–Crippen MR) is 114 cm³/mol. The van der Waals surface area contributed by atoms with Crippen molar-refractivity contribution in [3.8, 4) is 23.0 Å². The van der Waals surface area contributed by atoms with Crippen molar-refractivity contribution in [2.45, 2.75) is 18.2 Å². The molecule has 0 spiro atoms. The fraction of sp³-hybridized carbons (Fsp3) is 0.409. The fourth-order valence-corrected chi connectivity index (χ4v) is 4.71. The van der Waals surface area contributed by atoms with E-state index in [4.69, 9.17) is 18.9 Å². The number of carbonyl (C=O) groups is 1. The van der Waals surface area contributed by atoms with Gasteiger partial charge < -0.3 is 23.8 Å². The minimum Gasteiger partial charge on any atom is -0.497 e. The van der Waals surface area contributed by atoms with Gasteiger partial charge in [-0.05, 0) is 30.2 Å².